The summed E-state index contributed by atoms with van der Waals surface area (Å²) in [4.78, 5) is 25.7. The normalized spacial score (nSPS) is 14.0. The van der Waals surface area contributed by atoms with E-state index < -0.39 is 33.6 Å². The number of thioether (sulfide) groups is 1. The lowest BCUT2D eigenvalue weighted by Gasteiger charge is -2.15. The van der Waals surface area contributed by atoms with E-state index >= 15 is 0 Å². The van der Waals surface area contributed by atoms with E-state index in [1.165, 1.54) is 46.8 Å². The van der Waals surface area contributed by atoms with Gasteiger partial charge in [-0.1, -0.05) is 39.8 Å². The Kier molecular flexibility index (Phi) is 9.96. The molecule has 0 unspecified atom stereocenters. The first kappa shape index (κ1) is 32.7. The molecule has 1 saturated heterocycles. The molecular weight excluding hydrogens is 697 g/mol. The minimum atomic E-state index is -4.63. The molecule has 236 valence electrons. The van der Waals surface area contributed by atoms with Crippen molar-refractivity contribution in [1.82, 2.24) is 24.4 Å². The Morgan fingerprint density at radius 2 is 1.60 bits per heavy atom. The van der Waals surface area contributed by atoms with Gasteiger partial charge in [0.2, 0.25) is 15.9 Å². The summed E-state index contributed by atoms with van der Waals surface area (Å²) >= 11 is 4.35. The second kappa shape index (κ2) is 13.7. The lowest BCUT2D eigenvalue weighted by molar-refractivity contribution is -0.137. The number of halogens is 4. The van der Waals surface area contributed by atoms with Crippen LogP contribution in [0.3, 0.4) is 0 Å². The quantitative estimate of drug-likeness (QED) is 0.207. The Bertz CT molecular complexity index is 1790. The second-order valence-electron chi connectivity index (χ2n) is 9.91. The van der Waals surface area contributed by atoms with Crippen molar-refractivity contribution in [3.63, 3.8) is 0 Å². The number of aromatic nitrogens is 3. The molecule has 45 heavy (non-hydrogen) atoms. The van der Waals surface area contributed by atoms with Gasteiger partial charge >= 0.3 is 6.18 Å². The average Bonchev–Trinajstić information content (AvgIpc) is 3.70. The molecule has 1 aromatic heterocycles. The highest BCUT2D eigenvalue weighted by Gasteiger charge is 2.33. The van der Waals surface area contributed by atoms with Crippen molar-refractivity contribution in [2.75, 3.05) is 24.2 Å². The van der Waals surface area contributed by atoms with Gasteiger partial charge < -0.3 is 10.6 Å². The van der Waals surface area contributed by atoms with Gasteiger partial charge in [-0.25, -0.2) is 8.42 Å². The molecule has 2 heterocycles. The average molecular weight is 724 g/mol. The standard InChI is InChI=1S/C29H26BrF3N6O4S2/c30-20-9-11-21(12-10-20)39-25(17-34-27(41)19-7-13-22(14-8-19)45(42,43)38-15-3-4-16-38)36-37-28(39)44-18-26(40)35-24-6-2-1-5-23(24)29(31,32)33/h1-2,5-14H,3-4,15-18H2,(H,34,41)(H,35,40). The maximum atomic E-state index is 13.3. The van der Waals surface area contributed by atoms with Gasteiger partial charge in [0.1, 0.15) is 0 Å². The summed E-state index contributed by atoms with van der Waals surface area (Å²) in [7, 11) is -3.62. The molecule has 0 bridgehead atoms. The van der Waals surface area contributed by atoms with Gasteiger partial charge in [0, 0.05) is 28.8 Å². The number of hydrogen-bond donors (Lipinski definition) is 2. The molecule has 5 rings (SSSR count). The fourth-order valence-corrected chi connectivity index (χ4v) is 7.18. The predicted molar refractivity (Wildman–Crippen MR) is 165 cm³/mol. The van der Waals surface area contributed by atoms with Crippen LogP contribution in [0.25, 0.3) is 5.69 Å². The zero-order valence-electron chi connectivity index (χ0n) is 23.4. The molecule has 10 nitrogen and oxygen atoms in total. The van der Waals surface area contributed by atoms with Crippen LogP contribution in [-0.2, 0) is 27.5 Å². The molecule has 16 heteroatoms. The minimum absolute atomic E-state index is 0.0680. The number of carbonyl (C=O) groups excluding carboxylic acids is 2. The molecule has 0 spiro atoms. The summed E-state index contributed by atoms with van der Waals surface area (Å²) in [5.74, 6) is -1.08. The first-order valence-corrected chi connectivity index (χ1v) is 16.8. The van der Waals surface area contributed by atoms with Crippen LogP contribution < -0.4 is 10.6 Å². The maximum Gasteiger partial charge on any atom is 0.418 e. The summed E-state index contributed by atoms with van der Waals surface area (Å²) < 4.78 is 69.5. The third kappa shape index (κ3) is 7.74. The number of alkyl halides is 3. The minimum Gasteiger partial charge on any atom is -0.345 e. The molecule has 0 saturated carbocycles. The predicted octanol–water partition coefficient (Wildman–Crippen LogP) is 5.49. The van der Waals surface area contributed by atoms with E-state index in [2.05, 4.69) is 36.8 Å². The summed E-state index contributed by atoms with van der Waals surface area (Å²) in [5, 5.41) is 13.7. The van der Waals surface area contributed by atoms with Crippen LogP contribution in [0.2, 0.25) is 0 Å². The topological polar surface area (TPSA) is 126 Å². The third-order valence-electron chi connectivity index (χ3n) is 6.85. The molecular formula is C29H26BrF3N6O4S2. The highest BCUT2D eigenvalue weighted by molar-refractivity contribution is 9.10. The van der Waals surface area contributed by atoms with Gasteiger partial charge in [-0.05, 0) is 73.5 Å². The number of rotatable bonds is 10. The van der Waals surface area contributed by atoms with E-state index in [0.29, 0.717) is 24.6 Å². The molecule has 0 radical (unpaired) electrons. The molecule has 1 aliphatic heterocycles. The van der Waals surface area contributed by atoms with Gasteiger partial charge in [-0.15, -0.1) is 10.2 Å². The molecule has 3 aromatic carbocycles. The Hall–Kier alpha value is -3.73. The van der Waals surface area contributed by atoms with Crippen LogP contribution in [0.5, 0.6) is 0 Å². The molecule has 2 amide bonds. The smallest absolute Gasteiger partial charge is 0.345 e. The first-order chi connectivity index (χ1) is 21.4. The van der Waals surface area contributed by atoms with Crippen molar-refractivity contribution in [3.05, 3.63) is 94.2 Å². The Balaban J connectivity index is 1.29. The summed E-state index contributed by atoms with van der Waals surface area (Å²) in [6.07, 6.45) is -3.01. The number of sulfonamides is 1. The lowest BCUT2D eigenvalue weighted by atomic mass is 10.1. The molecule has 2 N–H and O–H groups in total. The zero-order chi connectivity index (χ0) is 32.2. The van der Waals surface area contributed by atoms with Crippen LogP contribution in [0.1, 0.15) is 34.6 Å². The van der Waals surface area contributed by atoms with E-state index in [9.17, 15) is 31.2 Å². The summed E-state index contributed by atoms with van der Waals surface area (Å²) in [6, 6.07) is 17.5. The number of benzene rings is 3. The van der Waals surface area contributed by atoms with E-state index in [-0.39, 0.29) is 33.6 Å². The van der Waals surface area contributed by atoms with Crippen LogP contribution >= 0.6 is 27.7 Å². The Morgan fingerprint density at radius 1 is 0.933 bits per heavy atom. The Morgan fingerprint density at radius 3 is 2.27 bits per heavy atom. The summed E-state index contributed by atoms with van der Waals surface area (Å²) in [6.45, 7) is 0.878. The third-order valence-corrected chi connectivity index (χ3v) is 10.2. The first-order valence-electron chi connectivity index (χ1n) is 13.6. The number of nitrogens with one attached hydrogen (secondary N) is 2. The monoisotopic (exact) mass is 722 g/mol. The van der Waals surface area contributed by atoms with Crippen LogP contribution in [0.15, 0.2) is 87.3 Å². The summed E-state index contributed by atoms with van der Waals surface area (Å²) in [5.41, 5.74) is -0.443. The number of anilines is 1. The number of para-hydroxylation sites is 1. The zero-order valence-corrected chi connectivity index (χ0v) is 26.6. The molecule has 1 aliphatic rings. The van der Waals surface area contributed by atoms with Crippen LogP contribution in [-0.4, -0.2) is 58.1 Å². The van der Waals surface area contributed by atoms with Crippen molar-refractivity contribution in [1.29, 1.82) is 0 Å². The maximum absolute atomic E-state index is 13.3. The van der Waals surface area contributed by atoms with Gasteiger partial charge in [-0.2, -0.15) is 17.5 Å². The molecule has 1 fully saturated rings. The van der Waals surface area contributed by atoms with Gasteiger partial charge in [0.05, 0.1) is 28.4 Å². The molecule has 0 aliphatic carbocycles. The highest BCUT2D eigenvalue weighted by atomic mass is 79.9. The van der Waals surface area contributed by atoms with E-state index in [1.807, 2.05) is 0 Å². The second-order valence-corrected chi connectivity index (χ2v) is 13.7. The van der Waals surface area contributed by atoms with Crippen molar-refractivity contribution in [3.8, 4) is 5.69 Å². The van der Waals surface area contributed by atoms with Crippen molar-refractivity contribution in [2.24, 2.45) is 0 Å². The van der Waals surface area contributed by atoms with Gasteiger partial charge in [-0.3, -0.25) is 14.2 Å². The van der Waals surface area contributed by atoms with Crippen LogP contribution in [0.4, 0.5) is 18.9 Å². The van der Waals surface area contributed by atoms with E-state index in [1.54, 1.807) is 28.8 Å². The highest BCUT2D eigenvalue weighted by Crippen LogP contribution is 2.35. The number of carbonyl (C=O) groups is 2. The van der Waals surface area contributed by atoms with Crippen LogP contribution in [0, 0.1) is 0 Å². The SMILES string of the molecule is O=C(CSc1nnc(CNC(=O)c2ccc(S(=O)(=O)N3CCCC3)cc2)n1-c1ccc(Br)cc1)Nc1ccccc1C(F)(F)F. The number of amides is 2. The van der Waals surface area contributed by atoms with Crippen molar-refractivity contribution >= 4 is 55.2 Å². The fourth-order valence-electron chi connectivity index (χ4n) is 4.63. The van der Waals surface area contributed by atoms with E-state index in [0.717, 1.165) is 35.1 Å². The Labute approximate surface area is 269 Å². The molecule has 4 aromatic rings. The van der Waals surface area contributed by atoms with Gasteiger partial charge in [0.15, 0.2) is 11.0 Å². The fraction of sp³-hybridized carbons (Fsp3) is 0.241. The van der Waals surface area contributed by atoms with Crippen molar-refractivity contribution < 1.29 is 31.2 Å². The van der Waals surface area contributed by atoms with Crippen molar-refractivity contribution in [2.45, 2.75) is 35.6 Å². The van der Waals surface area contributed by atoms with E-state index in [4.69, 9.17) is 0 Å². The number of nitrogens with zero attached hydrogens (tertiary/aromatic N) is 4. The lowest BCUT2D eigenvalue weighted by Crippen LogP contribution is -2.28. The number of hydrogen-bond acceptors (Lipinski definition) is 7. The molecule has 0 atom stereocenters. The van der Waals surface area contributed by atoms with Gasteiger partial charge in [0.25, 0.3) is 5.91 Å². The largest absolute Gasteiger partial charge is 0.418 e.